The van der Waals surface area contributed by atoms with E-state index in [0.717, 1.165) is 25.6 Å². The second-order valence-electron chi connectivity index (χ2n) is 15.8. The molecule has 0 amide bonds. The van der Waals surface area contributed by atoms with Crippen LogP contribution in [0, 0.1) is 6.92 Å². The van der Waals surface area contributed by atoms with E-state index < -0.39 is 114 Å². The van der Waals surface area contributed by atoms with Crippen LogP contribution in [0.15, 0.2) is 98.3 Å². The lowest BCUT2D eigenvalue weighted by Gasteiger charge is -2.49. The molecule has 9 atom stereocenters. The van der Waals surface area contributed by atoms with Crippen molar-refractivity contribution in [2.75, 3.05) is 19.8 Å². The van der Waals surface area contributed by atoms with Crippen LogP contribution in [-0.4, -0.2) is 92.4 Å². The Hall–Kier alpha value is -3.76. The van der Waals surface area contributed by atoms with Crippen molar-refractivity contribution in [3.63, 3.8) is 0 Å². The molecule has 324 valence electrons. The third-order valence-electron chi connectivity index (χ3n) is 10.9. The molecule has 2 aromatic carbocycles. The van der Waals surface area contributed by atoms with Gasteiger partial charge in [0.25, 0.3) is 19.4 Å². The smallest absolute Gasteiger partial charge is 0.510 e. The molecule has 0 aliphatic carbocycles. The van der Waals surface area contributed by atoms with Crippen LogP contribution in [0.25, 0.3) is 0 Å². The highest BCUT2D eigenvalue weighted by Gasteiger charge is 2.70. The summed E-state index contributed by atoms with van der Waals surface area (Å²) in [4.78, 5) is 79.7. The summed E-state index contributed by atoms with van der Waals surface area (Å²) in [5.41, 5.74) is -4.82. The standard InChI is InChI=1S/C37H46N4O16P2Si/c1-23-20-41(35(47)39-32(23)45)30-19-26(43)27(53-30)22-52-58(48,49)57-59(50)51-18-16-37(56-59)28(21-42)54-33(40-17-15-29(44)38-34(40)46)31(37)55-60(36(2,3)4,24-11-7-5-8-12-24)25-13-9-6-10-14-25/h5-15,17,20,26-28,30-31,33,42-43H,16,18-19,21-22H2,1-4H3,(H,48,49)(H,38,44,46)(H,39,45,47)/t26-,27+,28+,30+,31-,33+,37-,59?/m0/s1. The van der Waals surface area contributed by atoms with Gasteiger partial charge in [-0.15, -0.1) is 0 Å². The molecule has 60 heavy (non-hydrogen) atoms. The highest BCUT2D eigenvalue weighted by atomic mass is 31.3. The number of aliphatic hydroxyl groups excluding tert-OH is 2. The summed E-state index contributed by atoms with van der Waals surface area (Å²) < 4.78 is 57.1. The number of H-pyrrole nitrogens is 2. The fourth-order valence-electron chi connectivity index (χ4n) is 8.06. The molecule has 0 saturated carbocycles. The number of aromatic amines is 2. The topological polar surface area (TPSA) is 275 Å². The van der Waals surface area contributed by atoms with Gasteiger partial charge in [-0.05, 0) is 22.3 Å². The lowest BCUT2D eigenvalue weighted by molar-refractivity contribution is -0.273. The van der Waals surface area contributed by atoms with Crippen molar-refractivity contribution in [3.05, 3.63) is 126 Å². The molecule has 1 spiro atoms. The Morgan fingerprint density at radius 1 is 0.983 bits per heavy atom. The third kappa shape index (κ3) is 8.40. The summed E-state index contributed by atoms with van der Waals surface area (Å²) in [6.45, 7) is 5.37. The number of aryl methyl sites for hydroxylation is 1. The van der Waals surface area contributed by atoms with Gasteiger partial charge in [0.1, 0.15) is 31.1 Å². The number of phosphoric ester groups is 2. The van der Waals surface area contributed by atoms with Crippen LogP contribution < -0.4 is 37.8 Å². The maximum atomic E-state index is 14.5. The zero-order chi connectivity index (χ0) is 43.3. The van der Waals surface area contributed by atoms with Gasteiger partial charge in [-0.1, -0.05) is 85.7 Å². The van der Waals surface area contributed by atoms with Crippen molar-refractivity contribution < 1.29 is 56.3 Å². The lowest BCUT2D eigenvalue weighted by atomic mass is 9.89. The minimum atomic E-state index is -5.43. The maximum Gasteiger partial charge on any atom is 0.510 e. The number of hydrogen-bond donors (Lipinski definition) is 5. The van der Waals surface area contributed by atoms with Gasteiger partial charge in [0.15, 0.2) is 11.8 Å². The van der Waals surface area contributed by atoms with Gasteiger partial charge in [0, 0.05) is 36.9 Å². The largest absolute Gasteiger partial charge is 0.605 e. The molecule has 4 aromatic rings. The quantitative estimate of drug-likeness (QED) is 0.0941. The highest BCUT2D eigenvalue weighted by molar-refractivity contribution is 7.64. The first kappa shape index (κ1) is 44.3. The van der Waals surface area contributed by atoms with Crippen molar-refractivity contribution in [2.24, 2.45) is 0 Å². The normalized spacial score (nSPS) is 29.5. The van der Waals surface area contributed by atoms with Crippen LogP contribution in [0.1, 0.15) is 51.6 Å². The van der Waals surface area contributed by atoms with Gasteiger partial charge >= 0.3 is 27.4 Å². The fraction of sp³-hybridized carbons (Fsp3) is 0.459. The molecule has 7 rings (SSSR count). The molecule has 3 saturated heterocycles. The number of hydrogen-bond acceptors (Lipinski definition) is 15. The molecular formula is C37H46N4O16P2Si. The lowest BCUT2D eigenvalue weighted by Crippen LogP contribution is -2.70. The zero-order valence-corrected chi connectivity index (χ0v) is 35.7. The molecule has 5 heterocycles. The summed E-state index contributed by atoms with van der Waals surface area (Å²) in [6.07, 6.45) is -5.94. The first-order chi connectivity index (χ1) is 28.3. The molecule has 3 aliphatic heterocycles. The molecule has 3 fully saturated rings. The predicted molar refractivity (Wildman–Crippen MR) is 214 cm³/mol. The van der Waals surface area contributed by atoms with Crippen LogP contribution in [0.3, 0.4) is 0 Å². The van der Waals surface area contributed by atoms with Crippen LogP contribution >= 0.6 is 16.0 Å². The zero-order valence-electron chi connectivity index (χ0n) is 32.9. The van der Waals surface area contributed by atoms with Gasteiger partial charge in [-0.25, -0.2) is 14.2 Å². The van der Waals surface area contributed by atoms with Crippen molar-refractivity contribution >= 4 is 34.7 Å². The van der Waals surface area contributed by atoms with Crippen molar-refractivity contribution in [2.45, 2.75) is 88.0 Å². The van der Waals surface area contributed by atoms with E-state index >= 15 is 0 Å². The summed E-state index contributed by atoms with van der Waals surface area (Å²) >= 11 is 0. The molecule has 0 bridgehead atoms. The molecule has 20 nitrogen and oxygen atoms in total. The van der Waals surface area contributed by atoms with E-state index in [9.17, 15) is 43.7 Å². The molecule has 2 unspecified atom stereocenters. The van der Waals surface area contributed by atoms with Gasteiger partial charge in [0.05, 0.1) is 19.3 Å². The van der Waals surface area contributed by atoms with Crippen molar-refractivity contribution in [3.8, 4) is 0 Å². The number of nitrogens with one attached hydrogen (secondary N) is 2. The third-order valence-corrected chi connectivity index (χ3v) is 19.1. The van der Waals surface area contributed by atoms with Gasteiger partial charge in [-0.3, -0.25) is 33.2 Å². The molecule has 2 aromatic heterocycles. The minimum Gasteiger partial charge on any atom is -0.605 e. The van der Waals surface area contributed by atoms with E-state index in [0.29, 0.717) is 0 Å². The number of benzene rings is 2. The number of aliphatic hydroxyl groups is 2. The summed E-state index contributed by atoms with van der Waals surface area (Å²) in [6, 6.07) is 19.8. The molecule has 5 N–H and O–H groups in total. The first-order valence-corrected chi connectivity index (χ1v) is 23.8. The number of phosphoric acid groups is 2. The average molecular weight is 893 g/mol. The monoisotopic (exact) mass is 892 g/mol. The Bertz CT molecular complexity index is 2420. The molecule has 23 heteroatoms. The predicted octanol–water partition coefficient (Wildman–Crippen LogP) is 0.226. The Balaban J connectivity index is 1.23. The van der Waals surface area contributed by atoms with Gasteiger partial charge in [0.2, 0.25) is 0 Å². The second-order valence-corrected chi connectivity index (χ2v) is 23.2. The van der Waals surface area contributed by atoms with Crippen molar-refractivity contribution in [1.82, 2.24) is 19.1 Å². The molecular weight excluding hydrogens is 846 g/mol. The SMILES string of the molecule is Cc1cn([C@H]2C[C@H](O)[C@@H](COP(=O)(O)O[P+]3([O-])OCC[C@]4(O3)[C@@H](CO)O[C@@H](n3ccc(=O)[nH]c3=O)[C@@H]4O[Si](c3ccccc3)(c3ccccc3)C(C)(C)C)O2)c(=O)[nH]c1=O. The highest BCUT2D eigenvalue weighted by Crippen LogP contribution is 2.71. The average Bonchev–Trinajstić information content (AvgIpc) is 3.69. The van der Waals surface area contributed by atoms with Crippen molar-refractivity contribution in [1.29, 1.82) is 0 Å². The van der Waals surface area contributed by atoms with Crippen LogP contribution in [0.5, 0.6) is 0 Å². The minimum absolute atomic E-state index is 0.155. The number of aromatic nitrogens is 4. The van der Waals surface area contributed by atoms with E-state index in [1.807, 2.05) is 81.4 Å². The Labute approximate surface area is 343 Å². The van der Waals surface area contributed by atoms with E-state index in [-0.39, 0.29) is 18.4 Å². The van der Waals surface area contributed by atoms with Gasteiger partial charge < -0.3 is 33.9 Å². The van der Waals surface area contributed by atoms with Crippen LogP contribution in [-0.2, 0) is 36.3 Å². The van der Waals surface area contributed by atoms with E-state index in [1.165, 1.54) is 19.3 Å². The number of ether oxygens (including phenoxy) is 2. The summed E-state index contributed by atoms with van der Waals surface area (Å²) in [5.74, 6) is 0. The van der Waals surface area contributed by atoms with Crippen LogP contribution in [0.2, 0.25) is 5.04 Å². The summed E-state index contributed by atoms with van der Waals surface area (Å²) in [5, 5.41) is 22.5. The fourth-order valence-corrected chi connectivity index (χ4v) is 15.7. The first-order valence-electron chi connectivity index (χ1n) is 19.0. The molecule has 3 aliphatic rings. The van der Waals surface area contributed by atoms with E-state index in [2.05, 4.69) is 9.97 Å². The Morgan fingerprint density at radius 2 is 1.62 bits per heavy atom. The summed E-state index contributed by atoms with van der Waals surface area (Å²) in [7, 11) is -14.3. The Kier molecular flexibility index (Phi) is 12.4. The molecule has 0 radical (unpaired) electrons. The van der Waals surface area contributed by atoms with Crippen LogP contribution in [0.4, 0.5) is 0 Å². The second kappa shape index (κ2) is 16.8. The number of rotatable bonds is 12. The number of nitrogens with zero attached hydrogens (tertiary/aromatic N) is 2. The maximum absolute atomic E-state index is 14.5. The van der Waals surface area contributed by atoms with E-state index in [1.54, 1.807) is 0 Å². The van der Waals surface area contributed by atoms with Gasteiger partial charge in [-0.2, -0.15) is 9.05 Å². The van der Waals surface area contributed by atoms with E-state index in [4.69, 9.17) is 31.8 Å². The Morgan fingerprint density at radius 3 is 2.22 bits per heavy atom.